The molecule has 0 spiro atoms. The lowest BCUT2D eigenvalue weighted by Gasteiger charge is -2.14. The first kappa shape index (κ1) is 16.2. The van der Waals surface area contributed by atoms with Crippen molar-refractivity contribution in [1.82, 2.24) is 9.97 Å². The molecule has 0 radical (unpaired) electrons. The van der Waals surface area contributed by atoms with E-state index in [0.717, 1.165) is 47.4 Å². The highest BCUT2D eigenvalue weighted by Gasteiger charge is 2.12. The predicted octanol–water partition coefficient (Wildman–Crippen LogP) is 2.89. The number of hydrogen-bond acceptors (Lipinski definition) is 5. The van der Waals surface area contributed by atoms with Crippen LogP contribution >= 0.6 is 11.8 Å². The third kappa shape index (κ3) is 4.99. The fourth-order valence-corrected chi connectivity index (χ4v) is 2.66. The van der Waals surface area contributed by atoms with E-state index < -0.39 is 0 Å². The Morgan fingerprint density at radius 3 is 2.63 bits per heavy atom. The van der Waals surface area contributed by atoms with E-state index in [1.165, 1.54) is 0 Å². The van der Waals surface area contributed by atoms with Gasteiger partial charge in [-0.05, 0) is 26.2 Å². The number of aromatic nitrogens is 2. The van der Waals surface area contributed by atoms with Crippen molar-refractivity contribution in [2.24, 2.45) is 5.92 Å². The summed E-state index contributed by atoms with van der Waals surface area (Å²) in [6, 6.07) is 0. The van der Waals surface area contributed by atoms with Gasteiger partial charge in [0.15, 0.2) is 0 Å². The van der Waals surface area contributed by atoms with Crippen molar-refractivity contribution in [2.75, 3.05) is 24.2 Å². The van der Waals surface area contributed by atoms with E-state index in [1.54, 1.807) is 11.8 Å². The van der Waals surface area contributed by atoms with Crippen molar-refractivity contribution in [2.45, 2.75) is 45.6 Å². The van der Waals surface area contributed by atoms with Gasteiger partial charge in [-0.1, -0.05) is 13.8 Å². The number of aliphatic hydroxyl groups excluding tert-OH is 1. The molecule has 4 nitrogen and oxygen atoms in total. The summed E-state index contributed by atoms with van der Waals surface area (Å²) in [4.78, 5) is 9.22. The van der Waals surface area contributed by atoms with Gasteiger partial charge >= 0.3 is 0 Å². The molecule has 5 heteroatoms. The number of nitrogens with one attached hydrogen (secondary N) is 1. The third-order valence-electron chi connectivity index (χ3n) is 2.78. The number of nitrogens with zero attached hydrogens (tertiary/aromatic N) is 2. The topological polar surface area (TPSA) is 58.0 Å². The number of rotatable bonds is 8. The molecule has 0 aromatic carbocycles. The predicted molar refractivity (Wildman–Crippen MR) is 81.9 cm³/mol. The summed E-state index contributed by atoms with van der Waals surface area (Å²) in [7, 11) is 0. The Morgan fingerprint density at radius 1 is 1.32 bits per heavy atom. The monoisotopic (exact) mass is 283 g/mol. The van der Waals surface area contributed by atoms with Crippen molar-refractivity contribution in [3.63, 3.8) is 0 Å². The van der Waals surface area contributed by atoms with Gasteiger partial charge < -0.3 is 10.4 Å². The average Bonchev–Trinajstić information content (AvgIpc) is 2.40. The molecule has 0 aliphatic carbocycles. The zero-order valence-corrected chi connectivity index (χ0v) is 13.2. The van der Waals surface area contributed by atoms with Gasteiger partial charge in [-0.3, -0.25) is 0 Å². The first-order chi connectivity index (χ1) is 9.12. The zero-order valence-electron chi connectivity index (χ0n) is 12.4. The summed E-state index contributed by atoms with van der Waals surface area (Å²) in [6.07, 6.45) is 1.95. The summed E-state index contributed by atoms with van der Waals surface area (Å²) < 4.78 is 0. The largest absolute Gasteiger partial charge is 0.396 e. The molecule has 0 fully saturated rings. The SMILES string of the molecule is CCCc1nc(NCC)c(C)c(SCC(C)CO)n1. The van der Waals surface area contributed by atoms with E-state index >= 15 is 0 Å². The number of aliphatic hydroxyl groups is 1. The minimum atomic E-state index is 0.221. The van der Waals surface area contributed by atoms with Crippen LogP contribution in [0, 0.1) is 12.8 Å². The highest BCUT2D eigenvalue weighted by atomic mass is 32.2. The zero-order chi connectivity index (χ0) is 14.3. The van der Waals surface area contributed by atoms with Crippen LogP contribution in [0.3, 0.4) is 0 Å². The van der Waals surface area contributed by atoms with Crippen LogP contribution in [0.15, 0.2) is 5.03 Å². The molecule has 0 saturated carbocycles. The fourth-order valence-electron chi connectivity index (χ4n) is 1.63. The van der Waals surface area contributed by atoms with Crippen molar-refractivity contribution in [3.05, 3.63) is 11.4 Å². The van der Waals surface area contributed by atoms with Crippen LogP contribution in [-0.4, -0.2) is 34.0 Å². The van der Waals surface area contributed by atoms with Crippen LogP contribution in [0.25, 0.3) is 0 Å². The number of hydrogen-bond donors (Lipinski definition) is 2. The van der Waals surface area contributed by atoms with Gasteiger partial charge in [-0.2, -0.15) is 0 Å². The second-order valence-electron chi connectivity index (χ2n) is 4.80. The fraction of sp³-hybridized carbons (Fsp3) is 0.714. The average molecular weight is 283 g/mol. The molecule has 0 bridgehead atoms. The lowest BCUT2D eigenvalue weighted by molar-refractivity contribution is 0.250. The Balaban J connectivity index is 2.92. The van der Waals surface area contributed by atoms with E-state index in [2.05, 4.69) is 36.1 Å². The Bertz CT molecular complexity index is 399. The van der Waals surface area contributed by atoms with Crippen LogP contribution in [0.4, 0.5) is 5.82 Å². The Kier molecular flexibility index (Phi) is 7.16. The van der Waals surface area contributed by atoms with Crippen LogP contribution in [0.1, 0.15) is 38.6 Å². The number of thioether (sulfide) groups is 1. The van der Waals surface area contributed by atoms with Gasteiger partial charge in [-0.25, -0.2) is 9.97 Å². The highest BCUT2D eigenvalue weighted by molar-refractivity contribution is 7.99. The highest BCUT2D eigenvalue weighted by Crippen LogP contribution is 2.26. The summed E-state index contributed by atoms with van der Waals surface area (Å²) in [5.74, 6) is 3.02. The molecule has 1 rings (SSSR count). The molecule has 1 atom stereocenters. The summed E-state index contributed by atoms with van der Waals surface area (Å²) in [5, 5.41) is 13.4. The van der Waals surface area contributed by atoms with Crippen LogP contribution in [0.2, 0.25) is 0 Å². The van der Waals surface area contributed by atoms with Gasteiger partial charge in [-0.15, -0.1) is 11.8 Å². The minimum absolute atomic E-state index is 0.221. The normalized spacial score (nSPS) is 12.5. The molecule has 0 aliphatic heterocycles. The van der Waals surface area contributed by atoms with Crippen LogP contribution < -0.4 is 5.32 Å². The van der Waals surface area contributed by atoms with Crippen LogP contribution in [-0.2, 0) is 6.42 Å². The maximum absolute atomic E-state index is 9.10. The summed E-state index contributed by atoms with van der Waals surface area (Å²) >= 11 is 1.71. The molecule has 2 N–H and O–H groups in total. The van der Waals surface area contributed by atoms with E-state index in [1.807, 2.05) is 6.92 Å². The van der Waals surface area contributed by atoms with E-state index in [4.69, 9.17) is 5.11 Å². The van der Waals surface area contributed by atoms with Crippen molar-refractivity contribution in [3.8, 4) is 0 Å². The molecule has 1 aromatic rings. The molecule has 108 valence electrons. The Labute approximate surface area is 120 Å². The van der Waals surface area contributed by atoms with E-state index in [-0.39, 0.29) is 12.5 Å². The summed E-state index contributed by atoms with van der Waals surface area (Å²) in [6.45, 7) is 9.39. The van der Waals surface area contributed by atoms with E-state index in [9.17, 15) is 0 Å². The molecular formula is C14H25N3OS. The number of aryl methyl sites for hydroxylation is 1. The Morgan fingerprint density at radius 2 is 2.05 bits per heavy atom. The first-order valence-electron chi connectivity index (χ1n) is 6.97. The van der Waals surface area contributed by atoms with Gasteiger partial charge in [0, 0.05) is 30.9 Å². The first-order valence-corrected chi connectivity index (χ1v) is 7.95. The lowest BCUT2D eigenvalue weighted by atomic mass is 10.2. The smallest absolute Gasteiger partial charge is 0.133 e. The number of anilines is 1. The van der Waals surface area contributed by atoms with Gasteiger partial charge in [0.25, 0.3) is 0 Å². The van der Waals surface area contributed by atoms with Gasteiger partial charge in [0.05, 0.1) is 0 Å². The molecule has 1 aromatic heterocycles. The standard InChI is InChI=1S/C14H25N3OS/c1-5-7-12-16-13(15-6-2)11(4)14(17-12)19-9-10(3)8-18/h10,18H,5-9H2,1-4H3,(H,15,16,17). The molecule has 19 heavy (non-hydrogen) atoms. The third-order valence-corrected chi connectivity index (χ3v) is 4.19. The van der Waals surface area contributed by atoms with E-state index in [0.29, 0.717) is 0 Å². The van der Waals surface area contributed by atoms with Gasteiger partial charge in [0.1, 0.15) is 16.7 Å². The van der Waals surface area contributed by atoms with Gasteiger partial charge in [0.2, 0.25) is 0 Å². The van der Waals surface area contributed by atoms with Crippen molar-refractivity contribution < 1.29 is 5.11 Å². The maximum atomic E-state index is 9.10. The second-order valence-corrected chi connectivity index (χ2v) is 5.81. The molecule has 0 aliphatic rings. The molecule has 1 heterocycles. The lowest BCUT2D eigenvalue weighted by Crippen LogP contribution is -2.09. The quantitative estimate of drug-likeness (QED) is 0.567. The molecule has 1 unspecified atom stereocenters. The molecule has 0 saturated heterocycles. The Hall–Kier alpha value is -0.810. The minimum Gasteiger partial charge on any atom is -0.396 e. The maximum Gasteiger partial charge on any atom is 0.133 e. The molecular weight excluding hydrogens is 258 g/mol. The van der Waals surface area contributed by atoms with Crippen molar-refractivity contribution in [1.29, 1.82) is 0 Å². The summed E-state index contributed by atoms with van der Waals surface area (Å²) in [5.41, 5.74) is 1.11. The van der Waals surface area contributed by atoms with Crippen molar-refractivity contribution >= 4 is 17.6 Å². The van der Waals surface area contributed by atoms with Crippen LogP contribution in [0.5, 0.6) is 0 Å². The second kappa shape index (κ2) is 8.38. The molecule has 0 amide bonds.